The topological polar surface area (TPSA) is 87.3 Å². The van der Waals surface area contributed by atoms with E-state index in [4.69, 9.17) is 16.3 Å². The Morgan fingerprint density at radius 2 is 2.07 bits per heavy atom. The van der Waals surface area contributed by atoms with Crippen LogP contribution in [0.15, 0.2) is 23.0 Å². The molecule has 0 spiro atoms. The molecule has 0 bridgehead atoms. The first kappa shape index (κ1) is 22.2. The second kappa shape index (κ2) is 9.14. The summed E-state index contributed by atoms with van der Waals surface area (Å²) < 4.78 is 18.6. The van der Waals surface area contributed by atoms with Crippen molar-refractivity contribution < 1.29 is 13.9 Å². The Kier molecular flexibility index (Phi) is 6.77. The van der Waals surface area contributed by atoms with Gasteiger partial charge in [0.1, 0.15) is 5.82 Å². The number of H-pyrrole nitrogens is 1. The summed E-state index contributed by atoms with van der Waals surface area (Å²) in [5.74, 6) is -0.147. The standard InChI is InChI=1S/C21H26ClFN4O3/c1-13-15(19(29)25-20(24-13)27-8-10-30-11-9-27)5-7-18(28)26-21(2,3)16-6-4-14(23)12-17(16)22/h4,6,12H,5,7-11H2,1-3H3,(H,26,28)(H,24,25,29). The number of carbonyl (C=O) groups is 1. The maximum Gasteiger partial charge on any atom is 0.255 e. The summed E-state index contributed by atoms with van der Waals surface area (Å²) in [5.41, 5.74) is 0.678. The van der Waals surface area contributed by atoms with E-state index in [2.05, 4.69) is 15.3 Å². The lowest BCUT2D eigenvalue weighted by atomic mass is 9.93. The average molecular weight is 437 g/mol. The molecule has 2 aromatic rings. The van der Waals surface area contributed by atoms with Crippen LogP contribution < -0.4 is 15.8 Å². The minimum Gasteiger partial charge on any atom is -0.378 e. The maximum absolute atomic E-state index is 13.3. The number of anilines is 1. The summed E-state index contributed by atoms with van der Waals surface area (Å²) in [4.78, 5) is 34.4. The molecular weight excluding hydrogens is 411 g/mol. The third-order valence-electron chi connectivity index (χ3n) is 5.18. The van der Waals surface area contributed by atoms with Crippen molar-refractivity contribution >= 4 is 23.5 Å². The summed E-state index contributed by atoms with van der Waals surface area (Å²) in [5, 5.41) is 3.15. The molecule has 2 heterocycles. The summed E-state index contributed by atoms with van der Waals surface area (Å²) in [6.07, 6.45) is 0.376. The molecule has 162 valence electrons. The van der Waals surface area contributed by atoms with Crippen LogP contribution in [0.1, 0.15) is 37.1 Å². The molecule has 2 N–H and O–H groups in total. The van der Waals surface area contributed by atoms with Gasteiger partial charge in [-0.1, -0.05) is 17.7 Å². The predicted octanol–water partition coefficient (Wildman–Crippen LogP) is 2.69. The van der Waals surface area contributed by atoms with Crippen molar-refractivity contribution in [3.8, 4) is 0 Å². The number of aromatic nitrogens is 2. The number of rotatable bonds is 6. The average Bonchev–Trinajstić information content (AvgIpc) is 2.67. The Morgan fingerprint density at radius 1 is 1.37 bits per heavy atom. The summed E-state index contributed by atoms with van der Waals surface area (Å²) in [7, 11) is 0. The van der Waals surface area contributed by atoms with E-state index in [0.29, 0.717) is 49.1 Å². The third-order valence-corrected chi connectivity index (χ3v) is 5.49. The van der Waals surface area contributed by atoms with Crippen LogP contribution in [0.3, 0.4) is 0 Å². The molecule has 1 aliphatic heterocycles. The summed E-state index contributed by atoms with van der Waals surface area (Å²) >= 11 is 6.13. The van der Waals surface area contributed by atoms with Gasteiger partial charge < -0.3 is 15.0 Å². The Labute approximate surface area is 179 Å². The fourth-order valence-corrected chi connectivity index (χ4v) is 3.93. The highest BCUT2D eigenvalue weighted by molar-refractivity contribution is 6.31. The van der Waals surface area contributed by atoms with Gasteiger partial charge in [0.25, 0.3) is 5.56 Å². The number of carbonyl (C=O) groups excluding carboxylic acids is 1. The Morgan fingerprint density at radius 3 is 2.70 bits per heavy atom. The van der Waals surface area contributed by atoms with Crippen LogP contribution in [0.5, 0.6) is 0 Å². The number of hydrogen-bond acceptors (Lipinski definition) is 5. The van der Waals surface area contributed by atoms with Crippen molar-refractivity contribution in [3.05, 3.63) is 56.2 Å². The van der Waals surface area contributed by atoms with Gasteiger partial charge in [-0.2, -0.15) is 0 Å². The lowest BCUT2D eigenvalue weighted by Gasteiger charge is -2.28. The number of ether oxygens (including phenoxy) is 1. The van der Waals surface area contributed by atoms with Crippen molar-refractivity contribution in [2.24, 2.45) is 0 Å². The number of nitrogens with zero attached hydrogens (tertiary/aromatic N) is 2. The lowest BCUT2D eigenvalue weighted by molar-refractivity contribution is -0.122. The van der Waals surface area contributed by atoms with E-state index in [1.165, 1.54) is 12.1 Å². The molecule has 1 amide bonds. The molecule has 1 aliphatic rings. The van der Waals surface area contributed by atoms with Gasteiger partial charge in [0.15, 0.2) is 0 Å². The normalized spacial score (nSPS) is 14.6. The molecule has 0 unspecified atom stereocenters. The number of benzene rings is 1. The molecule has 1 aromatic heterocycles. The van der Waals surface area contributed by atoms with Crippen LogP contribution in [-0.2, 0) is 21.5 Å². The second-order valence-corrected chi connectivity index (χ2v) is 8.26. The van der Waals surface area contributed by atoms with E-state index in [1.807, 2.05) is 4.90 Å². The number of nitrogens with one attached hydrogen (secondary N) is 2. The van der Waals surface area contributed by atoms with Crippen LogP contribution in [0, 0.1) is 12.7 Å². The Hall–Kier alpha value is -2.45. The maximum atomic E-state index is 13.3. The molecule has 1 fully saturated rings. The first-order chi connectivity index (χ1) is 14.2. The highest BCUT2D eigenvalue weighted by Gasteiger charge is 2.26. The number of morpholine rings is 1. The van der Waals surface area contributed by atoms with Crippen LogP contribution in [0.4, 0.5) is 10.3 Å². The van der Waals surface area contributed by atoms with Crippen molar-refractivity contribution in [3.63, 3.8) is 0 Å². The molecule has 30 heavy (non-hydrogen) atoms. The van der Waals surface area contributed by atoms with Crippen LogP contribution in [0.2, 0.25) is 5.02 Å². The van der Waals surface area contributed by atoms with E-state index in [-0.39, 0.29) is 29.3 Å². The Balaban J connectivity index is 1.66. The SMILES string of the molecule is Cc1nc(N2CCOCC2)[nH]c(=O)c1CCC(=O)NC(C)(C)c1ccc(F)cc1Cl. The molecule has 0 atom stereocenters. The van der Waals surface area contributed by atoms with Crippen molar-refractivity contribution in [2.45, 2.75) is 39.2 Å². The zero-order chi connectivity index (χ0) is 21.9. The van der Waals surface area contributed by atoms with Crippen molar-refractivity contribution in [2.75, 3.05) is 31.2 Å². The quantitative estimate of drug-likeness (QED) is 0.727. The summed E-state index contributed by atoms with van der Waals surface area (Å²) in [6.45, 7) is 7.89. The summed E-state index contributed by atoms with van der Waals surface area (Å²) in [6, 6.07) is 4.08. The fourth-order valence-electron chi connectivity index (χ4n) is 3.53. The highest BCUT2D eigenvalue weighted by atomic mass is 35.5. The monoisotopic (exact) mass is 436 g/mol. The Bertz CT molecular complexity index is 987. The van der Waals surface area contributed by atoms with Gasteiger partial charge in [-0.15, -0.1) is 0 Å². The van der Waals surface area contributed by atoms with E-state index >= 15 is 0 Å². The van der Waals surface area contributed by atoms with Crippen LogP contribution >= 0.6 is 11.6 Å². The van der Waals surface area contributed by atoms with E-state index < -0.39 is 11.4 Å². The van der Waals surface area contributed by atoms with Crippen LogP contribution in [0.25, 0.3) is 0 Å². The minimum atomic E-state index is -0.790. The zero-order valence-corrected chi connectivity index (χ0v) is 18.1. The molecular formula is C21H26ClFN4O3. The molecule has 0 aliphatic carbocycles. The van der Waals surface area contributed by atoms with Gasteiger partial charge in [0.2, 0.25) is 11.9 Å². The predicted molar refractivity (Wildman–Crippen MR) is 114 cm³/mol. The van der Waals surface area contributed by atoms with Gasteiger partial charge in [-0.05, 0) is 44.9 Å². The second-order valence-electron chi connectivity index (χ2n) is 7.85. The lowest BCUT2D eigenvalue weighted by Crippen LogP contribution is -2.41. The molecule has 7 nitrogen and oxygen atoms in total. The number of aryl methyl sites for hydroxylation is 1. The largest absolute Gasteiger partial charge is 0.378 e. The van der Waals surface area contributed by atoms with Gasteiger partial charge in [0, 0.05) is 35.8 Å². The minimum absolute atomic E-state index is 0.116. The smallest absolute Gasteiger partial charge is 0.255 e. The molecule has 3 rings (SSSR count). The van der Waals surface area contributed by atoms with E-state index in [1.54, 1.807) is 26.8 Å². The number of halogens is 2. The number of hydrogen-bond donors (Lipinski definition) is 2. The van der Waals surface area contributed by atoms with Crippen LogP contribution in [-0.4, -0.2) is 42.2 Å². The third kappa shape index (κ3) is 5.17. The molecule has 1 saturated heterocycles. The molecule has 0 saturated carbocycles. The van der Waals surface area contributed by atoms with E-state index in [9.17, 15) is 14.0 Å². The van der Waals surface area contributed by atoms with E-state index in [0.717, 1.165) is 0 Å². The molecule has 9 heteroatoms. The highest BCUT2D eigenvalue weighted by Crippen LogP contribution is 2.28. The number of aromatic amines is 1. The first-order valence-electron chi connectivity index (χ1n) is 9.86. The fraction of sp³-hybridized carbons (Fsp3) is 0.476. The number of amides is 1. The van der Waals surface area contributed by atoms with Gasteiger partial charge in [0.05, 0.1) is 18.8 Å². The molecule has 0 radical (unpaired) electrons. The first-order valence-corrected chi connectivity index (χ1v) is 10.2. The van der Waals surface area contributed by atoms with Gasteiger partial charge in [-0.25, -0.2) is 9.37 Å². The van der Waals surface area contributed by atoms with Crippen molar-refractivity contribution in [1.82, 2.24) is 15.3 Å². The molecule has 1 aromatic carbocycles. The van der Waals surface area contributed by atoms with Gasteiger partial charge >= 0.3 is 0 Å². The zero-order valence-electron chi connectivity index (χ0n) is 17.3. The van der Waals surface area contributed by atoms with Gasteiger partial charge in [-0.3, -0.25) is 14.6 Å². The van der Waals surface area contributed by atoms with Crippen molar-refractivity contribution in [1.29, 1.82) is 0 Å².